The Hall–Kier alpha value is -0.900. The average molecular weight is 251 g/mol. The SMILES string of the molecule is COCCN(C)CC(C)(C)C(O)c1ccccc1. The van der Waals surface area contributed by atoms with Crippen molar-refractivity contribution < 1.29 is 9.84 Å². The van der Waals surface area contributed by atoms with Gasteiger partial charge >= 0.3 is 0 Å². The average Bonchev–Trinajstić information content (AvgIpc) is 2.36. The molecule has 0 saturated carbocycles. The Bertz CT molecular complexity index is 338. The highest BCUT2D eigenvalue weighted by atomic mass is 16.5. The fourth-order valence-corrected chi connectivity index (χ4v) is 2.19. The van der Waals surface area contributed by atoms with Crippen LogP contribution in [0.15, 0.2) is 30.3 Å². The number of nitrogens with zero attached hydrogens (tertiary/aromatic N) is 1. The molecule has 0 amide bonds. The van der Waals surface area contributed by atoms with E-state index < -0.39 is 6.10 Å². The second-order valence-corrected chi connectivity index (χ2v) is 5.53. The van der Waals surface area contributed by atoms with Crippen LogP contribution in [0.3, 0.4) is 0 Å². The second-order valence-electron chi connectivity index (χ2n) is 5.53. The number of benzene rings is 1. The summed E-state index contributed by atoms with van der Waals surface area (Å²) in [4.78, 5) is 2.19. The van der Waals surface area contributed by atoms with Gasteiger partial charge < -0.3 is 14.7 Å². The van der Waals surface area contributed by atoms with E-state index in [0.717, 1.165) is 18.7 Å². The molecule has 1 atom stereocenters. The van der Waals surface area contributed by atoms with Gasteiger partial charge in [-0.1, -0.05) is 44.2 Å². The Labute approximate surface area is 110 Å². The number of likely N-dealkylation sites (N-methyl/N-ethyl adjacent to an activating group) is 1. The van der Waals surface area contributed by atoms with Crippen molar-refractivity contribution in [1.29, 1.82) is 0 Å². The molecule has 0 aromatic heterocycles. The third-order valence-electron chi connectivity index (χ3n) is 3.21. The molecule has 1 rings (SSSR count). The van der Waals surface area contributed by atoms with E-state index in [1.807, 2.05) is 30.3 Å². The van der Waals surface area contributed by atoms with Gasteiger partial charge in [0.25, 0.3) is 0 Å². The molecule has 102 valence electrons. The van der Waals surface area contributed by atoms with Crippen molar-refractivity contribution in [3.8, 4) is 0 Å². The molecule has 0 saturated heterocycles. The number of aliphatic hydroxyl groups is 1. The summed E-state index contributed by atoms with van der Waals surface area (Å²) in [6.45, 7) is 6.60. The summed E-state index contributed by atoms with van der Waals surface area (Å²) in [5, 5.41) is 10.5. The van der Waals surface area contributed by atoms with Gasteiger partial charge in [0.2, 0.25) is 0 Å². The van der Waals surface area contributed by atoms with Crippen molar-refractivity contribution in [2.24, 2.45) is 5.41 Å². The minimum Gasteiger partial charge on any atom is -0.388 e. The summed E-state index contributed by atoms with van der Waals surface area (Å²) in [6, 6.07) is 9.84. The molecule has 0 aliphatic heterocycles. The highest BCUT2D eigenvalue weighted by Gasteiger charge is 2.30. The van der Waals surface area contributed by atoms with Crippen molar-refractivity contribution in [3.63, 3.8) is 0 Å². The standard InChI is InChI=1S/C15H25NO2/c1-15(2,12-16(3)10-11-18-4)14(17)13-8-6-5-7-9-13/h5-9,14,17H,10-12H2,1-4H3. The first-order chi connectivity index (χ1) is 8.47. The lowest BCUT2D eigenvalue weighted by molar-refractivity contribution is 0.0212. The third kappa shape index (κ3) is 4.41. The van der Waals surface area contributed by atoms with Crippen molar-refractivity contribution >= 4 is 0 Å². The topological polar surface area (TPSA) is 32.7 Å². The minimum absolute atomic E-state index is 0.191. The van der Waals surface area contributed by atoms with E-state index in [9.17, 15) is 5.11 Å². The van der Waals surface area contributed by atoms with Gasteiger partial charge in [-0.05, 0) is 12.6 Å². The van der Waals surface area contributed by atoms with Crippen molar-refractivity contribution in [3.05, 3.63) is 35.9 Å². The minimum atomic E-state index is -0.455. The lowest BCUT2D eigenvalue weighted by Gasteiger charge is -2.34. The Morgan fingerprint density at radius 1 is 1.28 bits per heavy atom. The highest BCUT2D eigenvalue weighted by Crippen LogP contribution is 2.33. The first-order valence-electron chi connectivity index (χ1n) is 6.38. The van der Waals surface area contributed by atoms with Gasteiger partial charge in [-0.3, -0.25) is 0 Å². The summed E-state index contributed by atoms with van der Waals surface area (Å²) in [5.41, 5.74) is 0.784. The van der Waals surface area contributed by atoms with Crippen molar-refractivity contribution in [2.45, 2.75) is 20.0 Å². The van der Waals surface area contributed by atoms with E-state index >= 15 is 0 Å². The van der Waals surface area contributed by atoms with E-state index in [2.05, 4.69) is 25.8 Å². The molecule has 18 heavy (non-hydrogen) atoms. The number of hydrogen-bond acceptors (Lipinski definition) is 3. The molecule has 1 N–H and O–H groups in total. The Kier molecular flexibility index (Phi) is 5.79. The van der Waals surface area contributed by atoms with Crippen LogP contribution in [0, 0.1) is 5.41 Å². The van der Waals surface area contributed by atoms with Crippen LogP contribution in [0.5, 0.6) is 0 Å². The van der Waals surface area contributed by atoms with Crippen LogP contribution in [0.2, 0.25) is 0 Å². The van der Waals surface area contributed by atoms with E-state index in [-0.39, 0.29) is 5.41 Å². The molecule has 1 unspecified atom stereocenters. The maximum atomic E-state index is 10.5. The lowest BCUT2D eigenvalue weighted by Crippen LogP contribution is -2.37. The van der Waals surface area contributed by atoms with Gasteiger partial charge in [0, 0.05) is 25.6 Å². The molecule has 0 bridgehead atoms. The second kappa shape index (κ2) is 6.88. The molecule has 1 aromatic rings. The zero-order chi connectivity index (χ0) is 13.6. The Balaban J connectivity index is 2.62. The fraction of sp³-hybridized carbons (Fsp3) is 0.600. The van der Waals surface area contributed by atoms with Gasteiger partial charge in [-0.2, -0.15) is 0 Å². The van der Waals surface area contributed by atoms with Gasteiger partial charge in [0.1, 0.15) is 0 Å². The Morgan fingerprint density at radius 2 is 1.89 bits per heavy atom. The molecule has 0 fully saturated rings. The normalized spacial score (nSPS) is 13.9. The maximum Gasteiger partial charge on any atom is 0.0853 e. The summed E-state index contributed by atoms with van der Waals surface area (Å²) < 4.78 is 5.07. The van der Waals surface area contributed by atoms with Crippen LogP contribution >= 0.6 is 0 Å². The van der Waals surface area contributed by atoms with Gasteiger partial charge in [-0.25, -0.2) is 0 Å². The first-order valence-corrected chi connectivity index (χ1v) is 6.38. The number of ether oxygens (including phenoxy) is 1. The molecule has 1 aromatic carbocycles. The third-order valence-corrected chi connectivity index (χ3v) is 3.21. The van der Waals surface area contributed by atoms with Gasteiger partial charge in [-0.15, -0.1) is 0 Å². The van der Waals surface area contributed by atoms with Gasteiger partial charge in [0.15, 0.2) is 0 Å². The summed E-state index contributed by atoms with van der Waals surface area (Å²) in [7, 11) is 3.76. The van der Waals surface area contributed by atoms with Gasteiger partial charge in [0.05, 0.1) is 12.7 Å². The maximum absolute atomic E-state index is 10.5. The molecule has 3 heteroatoms. The van der Waals surface area contributed by atoms with Crippen molar-refractivity contribution in [2.75, 3.05) is 33.9 Å². The number of aliphatic hydroxyl groups excluding tert-OH is 1. The highest BCUT2D eigenvalue weighted by molar-refractivity contribution is 5.19. The molecular formula is C15H25NO2. The number of methoxy groups -OCH3 is 1. The predicted octanol–water partition coefficient (Wildman–Crippen LogP) is 2.32. The molecular weight excluding hydrogens is 226 g/mol. The van der Waals surface area contributed by atoms with Crippen molar-refractivity contribution in [1.82, 2.24) is 4.90 Å². The quantitative estimate of drug-likeness (QED) is 0.807. The van der Waals surface area contributed by atoms with E-state index in [4.69, 9.17) is 4.74 Å². The van der Waals surface area contributed by atoms with Crippen LogP contribution < -0.4 is 0 Å². The molecule has 0 aliphatic rings. The lowest BCUT2D eigenvalue weighted by atomic mass is 9.82. The summed E-state index contributed by atoms with van der Waals surface area (Å²) in [6.07, 6.45) is -0.455. The molecule has 0 heterocycles. The largest absolute Gasteiger partial charge is 0.388 e. The molecule has 3 nitrogen and oxygen atoms in total. The van der Waals surface area contributed by atoms with Crippen LogP contribution in [-0.2, 0) is 4.74 Å². The van der Waals surface area contributed by atoms with Crippen LogP contribution in [0.25, 0.3) is 0 Å². The van der Waals surface area contributed by atoms with E-state index in [0.29, 0.717) is 6.61 Å². The van der Waals surface area contributed by atoms with E-state index in [1.54, 1.807) is 7.11 Å². The van der Waals surface area contributed by atoms with Crippen LogP contribution in [-0.4, -0.2) is 43.9 Å². The molecule has 0 spiro atoms. The van der Waals surface area contributed by atoms with E-state index in [1.165, 1.54) is 0 Å². The smallest absolute Gasteiger partial charge is 0.0853 e. The molecule has 0 radical (unpaired) electrons. The number of rotatable bonds is 7. The predicted molar refractivity (Wildman–Crippen MR) is 74.6 cm³/mol. The van der Waals surface area contributed by atoms with Crippen LogP contribution in [0.4, 0.5) is 0 Å². The first kappa shape index (κ1) is 15.2. The summed E-state index contributed by atoms with van der Waals surface area (Å²) in [5.74, 6) is 0. The summed E-state index contributed by atoms with van der Waals surface area (Å²) >= 11 is 0. The monoisotopic (exact) mass is 251 g/mol. The Morgan fingerprint density at radius 3 is 2.44 bits per heavy atom. The zero-order valence-electron chi connectivity index (χ0n) is 11.9. The fourth-order valence-electron chi connectivity index (χ4n) is 2.19. The molecule has 0 aliphatic carbocycles. The van der Waals surface area contributed by atoms with Crippen LogP contribution in [0.1, 0.15) is 25.5 Å². The zero-order valence-corrected chi connectivity index (χ0v) is 11.9. The number of hydrogen-bond donors (Lipinski definition) is 1.